The van der Waals surface area contributed by atoms with Crippen LogP contribution in [-0.4, -0.2) is 29.0 Å². The number of rotatable bonds is 4. The number of nitrogens with zero attached hydrogens (tertiary/aromatic N) is 2. The summed E-state index contributed by atoms with van der Waals surface area (Å²) in [5.74, 6) is 0. The maximum absolute atomic E-state index is 12.5. The number of nitrogens with one attached hydrogen (secondary N) is 1. The molecule has 1 amide bonds. The Bertz CT molecular complexity index is 1100. The molecule has 2 heterocycles. The summed E-state index contributed by atoms with van der Waals surface area (Å²) in [4.78, 5) is 25.4. The van der Waals surface area contributed by atoms with Gasteiger partial charge in [-0.1, -0.05) is 29.8 Å². The topological polar surface area (TPSA) is 54.3 Å². The number of carbonyl (C=O) groups is 1. The van der Waals surface area contributed by atoms with Crippen LogP contribution in [0.4, 0.5) is 5.69 Å². The van der Waals surface area contributed by atoms with Gasteiger partial charge in [-0.05, 0) is 47.7 Å². The van der Waals surface area contributed by atoms with Gasteiger partial charge in [0, 0.05) is 42.4 Å². The SMILES string of the molecule is Cc1c(Cl)cccc1C1(Nc2ccc3ccn(C)c(=O)c3c2)CN(C=O)C1. The second-order valence-corrected chi connectivity index (χ2v) is 7.57. The molecule has 1 N–H and O–H groups in total. The molecule has 27 heavy (non-hydrogen) atoms. The van der Waals surface area contributed by atoms with E-state index in [1.807, 2.05) is 49.4 Å². The minimum atomic E-state index is -0.427. The molecule has 0 radical (unpaired) electrons. The van der Waals surface area contributed by atoms with Crippen molar-refractivity contribution in [2.24, 2.45) is 7.05 Å². The standard InChI is InChI=1S/C21H20ClN3O2/c1-14-18(4-3-5-19(14)22)21(11-25(12-21)13-26)23-16-7-6-15-8-9-24(2)20(27)17(15)10-16/h3-10,13,23H,11-12H2,1-2H3. The monoisotopic (exact) mass is 381 g/mol. The zero-order chi connectivity index (χ0) is 19.2. The molecule has 5 nitrogen and oxygen atoms in total. The van der Waals surface area contributed by atoms with Gasteiger partial charge in [0.2, 0.25) is 6.41 Å². The second kappa shape index (κ2) is 6.43. The fourth-order valence-electron chi connectivity index (χ4n) is 3.85. The highest BCUT2D eigenvalue weighted by atomic mass is 35.5. The van der Waals surface area contributed by atoms with Crippen molar-refractivity contribution >= 4 is 34.5 Å². The van der Waals surface area contributed by atoms with E-state index in [0.29, 0.717) is 23.5 Å². The predicted molar refractivity (Wildman–Crippen MR) is 108 cm³/mol. The van der Waals surface area contributed by atoms with Gasteiger partial charge in [0.15, 0.2) is 0 Å². The molecule has 1 aromatic heterocycles. The number of benzene rings is 2. The number of carbonyl (C=O) groups excluding carboxylic acids is 1. The molecule has 0 saturated carbocycles. The first kappa shape index (κ1) is 17.6. The molecule has 1 aliphatic heterocycles. The van der Waals surface area contributed by atoms with Crippen molar-refractivity contribution in [2.45, 2.75) is 12.5 Å². The molecule has 0 atom stereocenters. The van der Waals surface area contributed by atoms with Crippen molar-refractivity contribution in [1.29, 1.82) is 0 Å². The van der Waals surface area contributed by atoms with E-state index in [9.17, 15) is 9.59 Å². The number of hydrogen-bond acceptors (Lipinski definition) is 3. The Morgan fingerprint density at radius 2 is 1.96 bits per heavy atom. The Morgan fingerprint density at radius 1 is 1.19 bits per heavy atom. The average molecular weight is 382 g/mol. The lowest BCUT2D eigenvalue weighted by atomic mass is 9.80. The summed E-state index contributed by atoms with van der Waals surface area (Å²) in [7, 11) is 1.74. The van der Waals surface area contributed by atoms with Crippen LogP contribution in [0.15, 0.2) is 53.5 Å². The number of aromatic nitrogens is 1. The van der Waals surface area contributed by atoms with Gasteiger partial charge >= 0.3 is 0 Å². The van der Waals surface area contributed by atoms with Gasteiger partial charge in [0.1, 0.15) is 0 Å². The van der Waals surface area contributed by atoms with E-state index in [-0.39, 0.29) is 5.56 Å². The van der Waals surface area contributed by atoms with Crippen LogP contribution in [0.1, 0.15) is 11.1 Å². The molecule has 3 aromatic rings. The maximum Gasteiger partial charge on any atom is 0.258 e. The van der Waals surface area contributed by atoms with E-state index in [0.717, 1.165) is 28.6 Å². The molecule has 1 aliphatic rings. The summed E-state index contributed by atoms with van der Waals surface area (Å²) in [5.41, 5.74) is 2.44. The number of aryl methyl sites for hydroxylation is 1. The quantitative estimate of drug-likeness (QED) is 0.705. The molecule has 6 heteroatoms. The lowest BCUT2D eigenvalue weighted by Gasteiger charge is -2.50. The Labute approximate surface area is 162 Å². The van der Waals surface area contributed by atoms with Gasteiger partial charge in [0.05, 0.1) is 5.54 Å². The first-order valence-electron chi connectivity index (χ1n) is 8.76. The predicted octanol–water partition coefficient (Wildman–Crippen LogP) is 3.28. The van der Waals surface area contributed by atoms with Gasteiger partial charge in [-0.2, -0.15) is 0 Å². The normalized spacial score (nSPS) is 15.4. The Hall–Kier alpha value is -2.79. The number of likely N-dealkylation sites (tertiary alicyclic amines) is 1. The molecule has 4 rings (SSSR count). The van der Waals surface area contributed by atoms with Gasteiger partial charge in [-0.25, -0.2) is 0 Å². The minimum Gasteiger partial charge on any atom is -0.372 e. The molecular weight excluding hydrogens is 362 g/mol. The largest absolute Gasteiger partial charge is 0.372 e. The lowest BCUT2D eigenvalue weighted by Crippen LogP contribution is -2.63. The van der Waals surface area contributed by atoms with Crippen LogP contribution in [0.3, 0.4) is 0 Å². The number of anilines is 1. The van der Waals surface area contributed by atoms with Gasteiger partial charge in [-0.15, -0.1) is 0 Å². The molecule has 1 fully saturated rings. The first-order chi connectivity index (χ1) is 12.9. The Morgan fingerprint density at radius 3 is 2.70 bits per heavy atom. The summed E-state index contributed by atoms with van der Waals surface area (Å²) in [5, 5.41) is 5.84. The molecule has 0 aliphatic carbocycles. The summed E-state index contributed by atoms with van der Waals surface area (Å²) in [6, 6.07) is 13.5. The summed E-state index contributed by atoms with van der Waals surface area (Å²) in [6.45, 7) is 3.08. The van der Waals surface area contributed by atoms with Crippen molar-refractivity contribution in [2.75, 3.05) is 18.4 Å². The second-order valence-electron chi connectivity index (χ2n) is 7.16. The molecule has 1 saturated heterocycles. The highest BCUT2D eigenvalue weighted by Gasteiger charge is 2.45. The Balaban J connectivity index is 1.78. The van der Waals surface area contributed by atoms with Crippen molar-refractivity contribution in [3.05, 3.63) is 75.2 Å². The molecular formula is C21H20ClN3O2. The van der Waals surface area contributed by atoms with E-state index in [2.05, 4.69) is 5.32 Å². The molecule has 0 spiro atoms. The van der Waals surface area contributed by atoms with Gasteiger partial charge in [0.25, 0.3) is 5.56 Å². The zero-order valence-corrected chi connectivity index (χ0v) is 16.0. The van der Waals surface area contributed by atoms with Crippen molar-refractivity contribution in [3.8, 4) is 0 Å². The van der Waals surface area contributed by atoms with E-state index in [1.165, 1.54) is 0 Å². The zero-order valence-electron chi connectivity index (χ0n) is 15.2. The van der Waals surface area contributed by atoms with E-state index >= 15 is 0 Å². The highest BCUT2D eigenvalue weighted by Crippen LogP contribution is 2.38. The number of fused-ring (bicyclic) bond motifs is 1. The third kappa shape index (κ3) is 2.88. The van der Waals surface area contributed by atoms with Crippen LogP contribution in [-0.2, 0) is 17.4 Å². The van der Waals surface area contributed by atoms with E-state index in [1.54, 1.807) is 22.7 Å². The summed E-state index contributed by atoms with van der Waals surface area (Å²) < 4.78 is 1.57. The Kier molecular flexibility index (Phi) is 4.19. The number of amides is 1. The third-order valence-electron chi connectivity index (χ3n) is 5.34. The first-order valence-corrected chi connectivity index (χ1v) is 9.14. The number of pyridine rings is 1. The fraction of sp³-hybridized carbons (Fsp3) is 0.238. The van der Waals surface area contributed by atoms with Gasteiger partial charge < -0.3 is 14.8 Å². The van der Waals surface area contributed by atoms with Crippen LogP contribution in [0.5, 0.6) is 0 Å². The molecule has 0 unspecified atom stereocenters. The smallest absolute Gasteiger partial charge is 0.258 e. The fourth-order valence-corrected chi connectivity index (χ4v) is 4.03. The van der Waals surface area contributed by atoms with E-state index < -0.39 is 5.54 Å². The van der Waals surface area contributed by atoms with Crippen molar-refractivity contribution in [3.63, 3.8) is 0 Å². The number of hydrogen-bond donors (Lipinski definition) is 1. The van der Waals surface area contributed by atoms with Crippen molar-refractivity contribution in [1.82, 2.24) is 9.47 Å². The van der Waals surface area contributed by atoms with Crippen LogP contribution in [0.2, 0.25) is 5.02 Å². The third-order valence-corrected chi connectivity index (χ3v) is 5.75. The minimum absolute atomic E-state index is 0.0349. The molecule has 2 aromatic carbocycles. The van der Waals surface area contributed by atoms with Crippen LogP contribution >= 0.6 is 11.6 Å². The van der Waals surface area contributed by atoms with Crippen LogP contribution < -0.4 is 10.9 Å². The maximum atomic E-state index is 12.5. The summed E-state index contributed by atoms with van der Waals surface area (Å²) >= 11 is 6.34. The average Bonchev–Trinajstić information content (AvgIpc) is 2.64. The van der Waals surface area contributed by atoms with Crippen molar-refractivity contribution < 1.29 is 4.79 Å². The molecule has 138 valence electrons. The lowest BCUT2D eigenvalue weighted by molar-refractivity contribution is -0.124. The van der Waals surface area contributed by atoms with E-state index in [4.69, 9.17) is 11.6 Å². The molecule has 0 bridgehead atoms. The summed E-state index contributed by atoms with van der Waals surface area (Å²) in [6.07, 6.45) is 2.62. The van der Waals surface area contributed by atoms with Gasteiger partial charge in [-0.3, -0.25) is 9.59 Å². The number of halogens is 1. The van der Waals surface area contributed by atoms with Crippen LogP contribution in [0.25, 0.3) is 10.8 Å². The van der Waals surface area contributed by atoms with Crippen LogP contribution in [0, 0.1) is 6.92 Å². The highest BCUT2D eigenvalue weighted by molar-refractivity contribution is 6.31.